The van der Waals surface area contributed by atoms with Crippen LogP contribution in [0.4, 0.5) is 5.82 Å². The molecule has 1 aromatic rings. The summed E-state index contributed by atoms with van der Waals surface area (Å²) < 4.78 is 5.48. The molecule has 2 aliphatic heterocycles. The number of morpholine rings is 1. The average Bonchev–Trinajstić information content (AvgIpc) is 2.72. The molecule has 2 aliphatic carbocycles. The fourth-order valence-electron chi connectivity index (χ4n) is 5.19. The lowest BCUT2D eigenvalue weighted by Crippen LogP contribution is -2.43. The van der Waals surface area contributed by atoms with Crippen molar-refractivity contribution in [2.45, 2.75) is 38.5 Å². The van der Waals surface area contributed by atoms with Gasteiger partial charge in [0.1, 0.15) is 5.82 Å². The van der Waals surface area contributed by atoms with Gasteiger partial charge in [0.15, 0.2) is 5.78 Å². The fraction of sp³-hybridized carbons (Fsp3) is 0.565. The number of aromatic nitrogens is 1. The zero-order chi connectivity index (χ0) is 19.1. The van der Waals surface area contributed by atoms with Crippen molar-refractivity contribution in [3.8, 4) is 12.3 Å². The number of carbonyl (C=O) groups is 1. The molecular weight excluding hydrogens is 350 g/mol. The van der Waals surface area contributed by atoms with Crippen molar-refractivity contribution in [1.82, 2.24) is 9.88 Å². The second kappa shape index (κ2) is 6.93. The van der Waals surface area contributed by atoms with E-state index < -0.39 is 0 Å². The van der Waals surface area contributed by atoms with Gasteiger partial charge in [-0.05, 0) is 42.7 Å². The number of fused-ring (bicyclic) bond motifs is 1. The van der Waals surface area contributed by atoms with Crippen LogP contribution in [0.25, 0.3) is 5.70 Å². The van der Waals surface area contributed by atoms with Crippen LogP contribution in [0.15, 0.2) is 17.8 Å². The van der Waals surface area contributed by atoms with Gasteiger partial charge in [-0.15, -0.1) is 6.42 Å². The predicted octanol–water partition coefficient (Wildman–Crippen LogP) is 2.65. The highest BCUT2D eigenvalue weighted by atomic mass is 16.5. The van der Waals surface area contributed by atoms with Crippen molar-refractivity contribution in [3.05, 3.63) is 29.0 Å². The van der Waals surface area contributed by atoms with Crippen molar-refractivity contribution < 1.29 is 9.53 Å². The summed E-state index contributed by atoms with van der Waals surface area (Å²) in [6, 6.07) is 2.15. The molecule has 28 heavy (non-hydrogen) atoms. The third-order valence-corrected chi connectivity index (χ3v) is 7.13. The van der Waals surface area contributed by atoms with Gasteiger partial charge >= 0.3 is 0 Å². The van der Waals surface area contributed by atoms with Gasteiger partial charge in [-0.2, -0.15) is 0 Å². The molecule has 3 heterocycles. The van der Waals surface area contributed by atoms with Crippen LogP contribution >= 0.6 is 0 Å². The number of allylic oxidation sites excluding steroid dienone is 1. The van der Waals surface area contributed by atoms with Gasteiger partial charge in [0.2, 0.25) is 0 Å². The van der Waals surface area contributed by atoms with E-state index in [0.717, 1.165) is 62.0 Å². The minimum absolute atomic E-state index is 0.0508. The van der Waals surface area contributed by atoms with E-state index in [1.54, 1.807) is 0 Å². The SMILES string of the molecule is C#CC1=C(N2CCC3(CCC3)CC2)c2cc(N3CCOCC3)ncc2CC1=O. The molecule has 2 saturated heterocycles. The van der Waals surface area contributed by atoms with Crippen LogP contribution in [0.3, 0.4) is 0 Å². The quantitative estimate of drug-likeness (QED) is 0.742. The minimum atomic E-state index is 0.0508. The molecule has 146 valence electrons. The monoisotopic (exact) mass is 377 g/mol. The second-order valence-electron chi connectivity index (χ2n) is 8.61. The van der Waals surface area contributed by atoms with E-state index >= 15 is 0 Å². The maximum atomic E-state index is 12.7. The zero-order valence-electron chi connectivity index (χ0n) is 16.4. The molecule has 5 heteroatoms. The first-order chi connectivity index (χ1) is 13.7. The number of ketones is 1. The van der Waals surface area contributed by atoms with Crippen LogP contribution in [-0.2, 0) is 16.0 Å². The maximum Gasteiger partial charge on any atom is 0.177 e. The van der Waals surface area contributed by atoms with Crippen molar-refractivity contribution in [1.29, 1.82) is 0 Å². The summed E-state index contributed by atoms with van der Waals surface area (Å²) in [5.41, 5.74) is 4.19. The van der Waals surface area contributed by atoms with E-state index in [1.165, 1.54) is 32.1 Å². The summed E-state index contributed by atoms with van der Waals surface area (Å²) in [5, 5.41) is 0. The Morgan fingerprint density at radius 1 is 1.07 bits per heavy atom. The lowest BCUT2D eigenvalue weighted by Gasteiger charge is -2.49. The summed E-state index contributed by atoms with van der Waals surface area (Å²) in [4.78, 5) is 22.0. The Balaban J connectivity index is 1.51. The first kappa shape index (κ1) is 17.8. The zero-order valence-corrected chi connectivity index (χ0v) is 16.4. The lowest BCUT2D eigenvalue weighted by molar-refractivity contribution is -0.114. The third-order valence-electron chi connectivity index (χ3n) is 7.13. The molecule has 3 fully saturated rings. The van der Waals surface area contributed by atoms with Gasteiger partial charge in [-0.3, -0.25) is 4.79 Å². The number of terminal acetylenes is 1. The van der Waals surface area contributed by atoms with E-state index in [4.69, 9.17) is 11.2 Å². The largest absolute Gasteiger partial charge is 0.378 e. The lowest BCUT2D eigenvalue weighted by atomic mass is 9.63. The van der Waals surface area contributed by atoms with Crippen LogP contribution in [-0.4, -0.2) is 55.1 Å². The molecule has 0 unspecified atom stereocenters. The van der Waals surface area contributed by atoms with Crippen molar-refractivity contribution in [2.24, 2.45) is 5.41 Å². The summed E-state index contributed by atoms with van der Waals surface area (Å²) in [5.74, 6) is 3.73. The molecule has 0 amide bonds. The molecule has 0 aromatic carbocycles. The maximum absolute atomic E-state index is 12.7. The number of pyridine rings is 1. The van der Waals surface area contributed by atoms with Gasteiger partial charge in [0.25, 0.3) is 0 Å². The van der Waals surface area contributed by atoms with Crippen LogP contribution in [0, 0.1) is 17.8 Å². The van der Waals surface area contributed by atoms with Gasteiger partial charge < -0.3 is 14.5 Å². The molecule has 0 bridgehead atoms. The normalized spacial score (nSPS) is 24.0. The standard InChI is InChI=1S/C23H27N3O2/c1-2-18-20(27)14-17-16-24-21(25-10-12-28-13-11-25)15-19(17)22(18)26-8-6-23(7-9-26)4-3-5-23/h1,15-16H,3-14H2. The first-order valence-electron chi connectivity index (χ1n) is 10.5. The van der Waals surface area contributed by atoms with E-state index in [9.17, 15) is 4.79 Å². The van der Waals surface area contributed by atoms with Gasteiger partial charge in [-0.1, -0.05) is 12.3 Å². The number of piperidine rings is 1. The molecule has 0 radical (unpaired) electrons. The Hall–Kier alpha value is -2.32. The summed E-state index contributed by atoms with van der Waals surface area (Å²) in [7, 11) is 0. The molecule has 5 nitrogen and oxygen atoms in total. The Morgan fingerprint density at radius 2 is 1.82 bits per heavy atom. The molecule has 1 spiro atoms. The first-order valence-corrected chi connectivity index (χ1v) is 10.5. The Bertz CT molecular complexity index is 862. The number of likely N-dealkylation sites (tertiary alicyclic amines) is 1. The summed E-state index contributed by atoms with van der Waals surface area (Å²) in [6.07, 6.45) is 14.6. The number of hydrogen-bond acceptors (Lipinski definition) is 5. The highest BCUT2D eigenvalue weighted by Crippen LogP contribution is 2.50. The second-order valence-corrected chi connectivity index (χ2v) is 8.61. The Labute approximate surface area is 166 Å². The van der Waals surface area contributed by atoms with Crippen LogP contribution in [0.1, 0.15) is 43.2 Å². The highest BCUT2D eigenvalue weighted by Gasteiger charge is 2.41. The fourth-order valence-corrected chi connectivity index (χ4v) is 5.19. The van der Waals surface area contributed by atoms with E-state index in [1.807, 2.05) is 6.20 Å². The molecule has 0 N–H and O–H groups in total. The van der Waals surface area contributed by atoms with Crippen molar-refractivity contribution in [3.63, 3.8) is 0 Å². The van der Waals surface area contributed by atoms with Crippen LogP contribution in [0.5, 0.6) is 0 Å². The predicted molar refractivity (Wildman–Crippen MR) is 109 cm³/mol. The number of carbonyl (C=O) groups excluding carboxylic acids is 1. The number of rotatable bonds is 2. The van der Waals surface area contributed by atoms with Crippen molar-refractivity contribution in [2.75, 3.05) is 44.3 Å². The number of anilines is 1. The molecule has 0 atom stereocenters. The van der Waals surface area contributed by atoms with Gasteiger partial charge in [0, 0.05) is 44.4 Å². The molecule has 1 aromatic heterocycles. The average molecular weight is 377 g/mol. The van der Waals surface area contributed by atoms with E-state index in [-0.39, 0.29) is 5.78 Å². The number of nitrogens with zero attached hydrogens (tertiary/aromatic N) is 3. The smallest absolute Gasteiger partial charge is 0.177 e. The number of hydrogen-bond donors (Lipinski definition) is 0. The molecule has 4 aliphatic rings. The van der Waals surface area contributed by atoms with Crippen LogP contribution < -0.4 is 4.90 Å². The Kier molecular flexibility index (Phi) is 4.40. The minimum Gasteiger partial charge on any atom is -0.378 e. The van der Waals surface area contributed by atoms with E-state index in [2.05, 4.69) is 26.8 Å². The van der Waals surface area contributed by atoms with E-state index in [0.29, 0.717) is 17.4 Å². The number of Topliss-reactive ketones (excluding diaryl/α,β-unsaturated/α-hetero) is 1. The molecular formula is C23H27N3O2. The highest BCUT2D eigenvalue weighted by molar-refractivity contribution is 6.10. The number of ether oxygens (including phenoxy) is 1. The summed E-state index contributed by atoms with van der Waals surface area (Å²) >= 11 is 0. The third kappa shape index (κ3) is 2.91. The topological polar surface area (TPSA) is 45.7 Å². The summed E-state index contributed by atoms with van der Waals surface area (Å²) in [6.45, 7) is 5.12. The van der Waals surface area contributed by atoms with Crippen LogP contribution in [0.2, 0.25) is 0 Å². The molecule has 1 saturated carbocycles. The molecule has 5 rings (SSSR count). The Morgan fingerprint density at radius 3 is 2.46 bits per heavy atom. The van der Waals surface area contributed by atoms with Crippen molar-refractivity contribution >= 4 is 17.3 Å². The van der Waals surface area contributed by atoms with Gasteiger partial charge in [0.05, 0.1) is 24.5 Å². The van der Waals surface area contributed by atoms with Gasteiger partial charge in [-0.25, -0.2) is 4.98 Å².